The highest BCUT2D eigenvalue weighted by Crippen LogP contribution is 2.25. The standard InChI is InChI=1S/C20H25FN2O3S/c1-5-18(16-12-10-14(2)11-13-16)22-20(24)15(3)23(27(4,25)26)19-9-7-6-8-17(19)21/h6-13,15,18H,5H2,1-4H3,(H,22,24)/t15-,18+/m0/s1. The third-order valence-electron chi connectivity index (χ3n) is 4.38. The van der Waals surface area contributed by atoms with E-state index in [-0.39, 0.29) is 11.7 Å². The van der Waals surface area contributed by atoms with Gasteiger partial charge in [-0.3, -0.25) is 9.10 Å². The van der Waals surface area contributed by atoms with Crippen molar-refractivity contribution >= 4 is 21.6 Å². The topological polar surface area (TPSA) is 66.5 Å². The van der Waals surface area contributed by atoms with Crippen LogP contribution in [0.15, 0.2) is 48.5 Å². The van der Waals surface area contributed by atoms with E-state index in [1.54, 1.807) is 0 Å². The van der Waals surface area contributed by atoms with Crippen molar-refractivity contribution in [3.05, 3.63) is 65.5 Å². The molecule has 0 bridgehead atoms. The molecule has 0 fully saturated rings. The van der Waals surface area contributed by atoms with E-state index in [0.717, 1.165) is 21.7 Å². The third kappa shape index (κ3) is 5.07. The summed E-state index contributed by atoms with van der Waals surface area (Å²) in [6.45, 7) is 5.36. The Balaban J connectivity index is 2.29. The molecule has 0 radical (unpaired) electrons. The SMILES string of the molecule is CC[C@@H](NC(=O)[C@H](C)N(c1ccccc1F)S(C)(=O)=O)c1ccc(C)cc1. The van der Waals surface area contributed by atoms with Crippen molar-refractivity contribution in [3.63, 3.8) is 0 Å². The number of nitrogens with one attached hydrogen (secondary N) is 1. The molecule has 0 aromatic heterocycles. The average Bonchev–Trinajstić information content (AvgIpc) is 2.61. The number of amides is 1. The number of sulfonamides is 1. The summed E-state index contributed by atoms with van der Waals surface area (Å²) in [4.78, 5) is 12.8. The monoisotopic (exact) mass is 392 g/mol. The number of hydrogen-bond acceptors (Lipinski definition) is 3. The van der Waals surface area contributed by atoms with E-state index in [2.05, 4.69) is 5.32 Å². The Morgan fingerprint density at radius 3 is 2.26 bits per heavy atom. The number of anilines is 1. The number of aryl methyl sites for hydroxylation is 1. The Labute approximate surface area is 160 Å². The Kier molecular flexibility index (Phi) is 6.59. The number of benzene rings is 2. The molecule has 2 rings (SSSR count). The van der Waals surface area contributed by atoms with Crippen molar-refractivity contribution in [1.29, 1.82) is 0 Å². The molecule has 0 saturated heterocycles. The molecular formula is C20H25FN2O3S. The van der Waals surface area contributed by atoms with Gasteiger partial charge in [0.1, 0.15) is 11.9 Å². The maximum absolute atomic E-state index is 14.2. The summed E-state index contributed by atoms with van der Waals surface area (Å²) in [5.41, 5.74) is 1.89. The van der Waals surface area contributed by atoms with Gasteiger partial charge in [-0.15, -0.1) is 0 Å². The summed E-state index contributed by atoms with van der Waals surface area (Å²) in [5, 5.41) is 2.88. The average molecular weight is 392 g/mol. The van der Waals surface area contributed by atoms with E-state index >= 15 is 0 Å². The molecule has 7 heteroatoms. The van der Waals surface area contributed by atoms with E-state index in [0.29, 0.717) is 6.42 Å². The van der Waals surface area contributed by atoms with Crippen molar-refractivity contribution < 1.29 is 17.6 Å². The van der Waals surface area contributed by atoms with Crippen LogP contribution in [0, 0.1) is 12.7 Å². The van der Waals surface area contributed by atoms with Gasteiger partial charge in [-0.2, -0.15) is 0 Å². The highest BCUT2D eigenvalue weighted by molar-refractivity contribution is 7.92. The lowest BCUT2D eigenvalue weighted by molar-refractivity contribution is -0.122. The van der Waals surface area contributed by atoms with E-state index < -0.39 is 27.8 Å². The van der Waals surface area contributed by atoms with Crippen LogP contribution < -0.4 is 9.62 Å². The van der Waals surface area contributed by atoms with Crippen LogP contribution in [0.2, 0.25) is 0 Å². The van der Waals surface area contributed by atoms with Gasteiger partial charge in [0.2, 0.25) is 15.9 Å². The molecule has 0 aliphatic carbocycles. The van der Waals surface area contributed by atoms with E-state index in [1.807, 2.05) is 38.1 Å². The zero-order valence-electron chi connectivity index (χ0n) is 15.9. The molecule has 0 saturated carbocycles. The van der Waals surface area contributed by atoms with Gasteiger partial charge >= 0.3 is 0 Å². The minimum Gasteiger partial charge on any atom is -0.347 e. The second-order valence-corrected chi connectivity index (χ2v) is 8.43. The highest BCUT2D eigenvalue weighted by atomic mass is 32.2. The lowest BCUT2D eigenvalue weighted by Crippen LogP contribution is -2.48. The van der Waals surface area contributed by atoms with Gasteiger partial charge in [-0.05, 0) is 38.0 Å². The molecule has 2 atom stereocenters. The van der Waals surface area contributed by atoms with Gasteiger partial charge in [0.25, 0.3) is 0 Å². The number of carbonyl (C=O) groups is 1. The molecule has 1 amide bonds. The summed E-state index contributed by atoms with van der Waals surface area (Å²) < 4.78 is 39.6. The van der Waals surface area contributed by atoms with Crippen LogP contribution in [0.1, 0.15) is 37.4 Å². The van der Waals surface area contributed by atoms with Gasteiger partial charge < -0.3 is 5.32 Å². The predicted octanol–water partition coefficient (Wildman–Crippen LogP) is 3.56. The van der Waals surface area contributed by atoms with Crippen LogP contribution in [0.4, 0.5) is 10.1 Å². The molecule has 2 aromatic rings. The van der Waals surface area contributed by atoms with E-state index in [9.17, 15) is 17.6 Å². The highest BCUT2D eigenvalue weighted by Gasteiger charge is 2.31. The zero-order valence-corrected chi connectivity index (χ0v) is 16.8. The molecule has 27 heavy (non-hydrogen) atoms. The van der Waals surface area contributed by atoms with Crippen LogP contribution in [0.25, 0.3) is 0 Å². The molecule has 0 heterocycles. The number of nitrogens with zero attached hydrogens (tertiary/aromatic N) is 1. The molecule has 1 N–H and O–H groups in total. The van der Waals surface area contributed by atoms with Crippen molar-refractivity contribution in [2.45, 2.75) is 39.3 Å². The normalized spacial score (nSPS) is 13.7. The van der Waals surface area contributed by atoms with Crippen molar-refractivity contribution in [3.8, 4) is 0 Å². The molecule has 0 unspecified atom stereocenters. The fourth-order valence-corrected chi connectivity index (χ4v) is 4.10. The summed E-state index contributed by atoms with van der Waals surface area (Å²) in [6, 6.07) is 11.9. The van der Waals surface area contributed by atoms with Gasteiger partial charge in [-0.1, -0.05) is 48.9 Å². The van der Waals surface area contributed by atoms with Gasteiger partial charge in [0.05, 0.1) is 18.0 Å². The van der Waals surface area contributed by atoms with Crippen molar-refractivity contribution in [2.75, 3.05) is 10.6 Å². The van der Waals surface area contributed by atoms with Gasteiger partial charge in [-0.25, -0.2) is 12.8 Å². The summed E-state index contributed by atoms with van der Waals surface area (Å²) in [5.74, 6) is -1.19. The van der Waals surface area contributed by atoms with E-state index in [1.165, 1.54) is 31.2 Å². The number of halogens is 1. The smallest absolute Gasteiger partial charge is 0.244 e. The second-order valence-electron chi connectivity index (χ2n) is 6.57. The number of rotatable bonds is 7. The Hall–Kier alpha value is -2.41. The molecule has 5 nitrogen and oxygen atoms in total. The fourth-order valence-electron chi connectivity index (χ4n) is 2.92. The first kappa shape index (κ1) is 20.9. The summed E-state index contributed by atoms with van der Waals surface area (Å²) >= 11 is 0. The van der Waals surface area contributed by atoms with Crippen LogP contribution in [-0.4, -0.2) is 26.6 Å². The number of carbonyl (C=O) groups excluding carboxylic acids is 1. The Morgan fingerprint density at radius 2 is 1.74 bits per heavy atom. The van der Waals surface area contributed by atoms with Crippen LogP contribution >= 0.6 is 0 Å². The second kappa shape index (κ2) is 8.52. The molecular weight excluding hydrogens is 367 g/mol. The quantitative estimate of drug-likeness (QED) is 0.784. The lowest BCUT2D eigenvalue weighted by atomic mass is 10.0. The van der Waals surface area contributed by atoms with Crippen LogP contribution in [-0.2, 0) is 14.8 Å². The van der Waals surface area contributed by atoms with E-state index in [4.69, 9.17) is 0 Å². The first-order valence-corrected chi connectivity index (χ1v) is 10.6. The maximum atomic E-state index is 14.2. The number of para-hydroxylation sites is 1. The zero-order chi connectivity index (χ0) is 20.2. The minimum absolute atomic E-state index is 0.147. The molecule has 0 spiro atoms. The minimum atomic E-state index is -3.86. The van der Waals surface area contributed by atoms with Crippen molar-refractivity contribution in [2.24, 2.45) is 0 Å². The molecule has 0 aliphatic heterocycles. The largest absolute Gasteiger partial charge is 0.347 e. The van der Waals surface area contributed by atoms with Crippen LogP contribution in [0.3, 0.4) is 0 Å². The number of hydrogen-bond donors (Lipinski definition) is 1. The fraction of sp³-hybridized carbons (Fsp3) is 0.350. The van der Waals surface area contributed by atoms with Gasteiger partial charge in [0, 0.05) is 0 Å². The van der Waals surface area contributed by atoms with Gasteiger partial charge in [0.15, 0.2) is 0 Å². The van der Waals surface area contributed by atoms with Crippen molar-refractivity contribution in [1.82, 2.24) is 5.32 Å². The lowest BCUT2D eigenvalue weighted by Gasteiger charge is -2.30. The molecule has 146 valence electrons. The van der Waals surface area contributed by atoms with Crippen LogP contribution in [0.5, 0.6) is 0 Å². The Morgan fingerprint density at radius 1 is 1.15 bits per heavy atom. The molecule has 2 aromatic carbocycles. The first-order chi connectivity index (χ1) is 12.6. The predicted molar refractivity (Wildman–Crippen MR) is 106 cm³/mol. The molecule has 0 aliphatic rings. The Bertz CT molecular complexity index is 898. The third-order valence-corrected chi connectivity index (χ3v) is 5.61. The first-order valence-electron chi connectivity index (χ1n) is 8.76. The summed E-state index contributed by atoms with van der Waals surface area (Å²) in [6.07, 6.45) is 1.60. The summed E-state index contributed by atoms with van der Waals surface area (Å²) in [7, 11) is -3.86. The maximum Gasteiger partial charge on any atom is 0.244 e.